The predicted molar refractivity (Wildman–Crippen MR) is 93.5 cm³/mol. The molecule has 0 spiro atoms. The molecule has 2 aromatic rings. The number of nitrogens with one attached hydrogen (secondary N) is 1. The third-order valence-electron chi connectivity index (χ3n) is 4.60. The molecule has 122 valence electrons. The van der Waals surface area contributed by atoms with E-state index in [2.05, 4.69) is 22.3 Å². The number of nitrogens with zero attached hydrogens (tertiary/aromatic N) is 1. The number of carbonyl (C=O) groups excluding carboxylic acids is 1. The van der Waals surface area contributed by atoms with Crippen molar-refractivity contribution in [2.45, 2.75) is 31.7 Å². The number of likely N-dealkylation sites (tertiary alicyclic amines) is 1. The number of rotatable bonds is 6. The lowest BCUT2D eigenvalue weighted by atomic mass is 10.1. The van der Waals surface area contributed by atoms with Crippen LogP contribution in [0.4, 0.5) is 5.69 Å². The van der Waals surface area contributed by atoms with Gasteiger partial charge in [0.25, 0.3) is 0 Å². The van der Waals surface area contributed by atoms with Crippen LogP contribution in [0.5, 0.6) is 0 Å². The molecule has 1 atom stereocenters. The molecule has 3 rings (SSSR count). The van der Waals surface area contributed by atoms with Crippen LogP contribution in [-0.2, 0) is 4.79 Å². The first-order valence-corrected chi connectivity index (χ1v) is 8.40. The summed E-state index contributed by atoms with van der Waals surface area (Å²) in [6.07, 6.45) is 4.04. The largest absolute Gasteiger partial charge is 0.396 e. The lowest BCUT2D eigenvalue weighted by Gasteiger charge is -2.23. The van der Waals surface area contributed by atoms with Gasteiger partial charge >= 0.3 is 0 Å². The Morgan fingerprint density at radius 1 is 1.22 bits per heavy atom. The minimum atomic E-state index is 0.0391. The van der Waals surface area contributed by atoms with Gasteiger partial charge in [-0.25, -0.2) is 0 Å². The van der Waals surface area contributed by atoms with Crippen molar-refractivity contribution in [3.8, 4) is 0 Å². The normalized spacial score (nSPS) is 18.4. The fourth-order valence-electron chi connectivity index (χ4n) is 3.47. The van der Waals surface area contributed by atoms with E-state index in [-0.39, 0.29) is 12.5 Å². The van der Waals surface area contributed by atoms with E-state index < -0.39 is 0 Å². The Morgan fingerprint density at radius 3 is 2.91 bits per heavy atom. The van der Waals surface area contributed by atoms with Gasteiger partial charge in [0.05, 0.1) is 6.54 Å². The summed E-state index contributed by atoms with van der Waals surface area (Å²) in [5.74, 6) is 0.0391. The highest BCUT2D eigenvalue weighted by molar-refractivity contribution is 6.02. The maximum Gasteiger partial charge on any atom is 0.238 e. The van der Waals surface area contributed by atoms with E-state index in [0.29, 0.717) is 12.6 Å². The zero-order chi connectivity index (χ0) is 16.1. The SMILES string of the molecule is O=C(CN1CCCC1CCCO)Nc1cccc2ccccc12. The molecule has 1 saturated heterocycles. The standard InChI is InChI=1S/C19H24N2O2/c22-13-5-9-16-8-4-12-21(16)14-19(23)20-18-11-3-7-15-6-1-2-10-17(15)18/h1-3,6-7,10-11,16,22H,4-5,8-9,12-14H2,(H,20,23). The topological polar surface area (TPSA) is 52.6 Å². The Morgan fingerprint density at radius 2 is 2.04 bits per heavy atom. The van der Waals surface area contributed by atoms with E-state index >= 15 is 0 Å². The summed E-state index contributed by atoms with van der Waals surface area (Å²) >= 11 is 0. The van der Waals surface area contributed by atoms with Crippen LogP contribution in [0.1, 0.15) is 25.7 Å². The first-order valence-electron chi connectivity index (χ1n) is 8.40. The van der Waals surface area contributed by atoms with Gasteiger partial charge in [-0.15, -0.1) is 0 Å². The smallest absolute Gasteiger partial charge is 0.238 e. The molecule has 2 aromatic carbocycles. The number of hydrogen-bond donors (Lipinski definition) is 2. The zero-order valence-electron chi connectivity index (χ0n) is 13.4. The van der Waals surface area contributed by atoms with Crippen molar-refractivity contribution in [2.24, 2.45) is 0 Å². The second-order valence-corrected chi connectivity index (χ2v) is 6.21. The van der Waals surface area contributed by atoms with E-state index in [1.165, 1.54) is 0 Å². The molecule has 1 aliphatic heterocycles. The van der Waals surface area contributed by atoms with Gasteiger partial charge < -0.3 is 10.4 Å². The Labute approximate surface area is 137 Å². The number of fused-ring (bicyclic) bond motifs is 1. The molecule has 1 aliphatic rings. The number of benzene rings is 2. The van der Waals surface area contributed by atoms with Crippen molar-refractivity contribution in [1.82, 2.24) is 4.90 Å². The van der Waals surface area contributed by atoms with Crippen LogP contribution in [0.15, 0.2) is 42.5 Å². The van der Waals surface area contributed by atoms with Crippen LogP contribution in [0.3, 0.4) is 0 Å². The van der Waals surface area contributed by atoms with Gasteiger partial charge in [-0.1, -0.05) is 36.4 Å². The predicted octanol–water partition coefficient (Wildman–Crippen LogP) is 3.02. The highest BCUT2D eigenvalue weighted by atomic mass is 16.3. The van der Waals surface area contributed by atoms with Crippen molar-refractivity contribution >= 4 is 22.4 Å². The molecule has 4 nitrogen and oxygen atoms in total. The highest BCUT2D eigenvalue weighted by Crippen LogP contribution is 2.24. The number of hydrogen-bond acceptors (Lipinski definition) is 3. The summed E-state index contributed by atoms with van der Waals surface area (Å²) in [7, 11) is 0. The molecule has 0 saturated carbocycles. The number of aliphatic hydroxyl groups excluding tert-OH is 1. The first-order chi connectivity index (χ1) is 11.3. The number of carbonyl (C=O) groups is 1. The van der Waals surface area contributed by atoms with Crippen LogP contribution >= 0.6 is 0 Å². The van der Waals surface area contributed by atoms with Gasteiger partial charge in [0.15, 0.2) is 0 Å². The number of aliphatic hydroxyl groups is 1. The van der Waals surface area contributed by atoms with Crippen LogP contribution in [0.2, 0.25) is 0 Å². The van der Waals surface area contributed by atoms with E-state index in [0.717, 1.165) is 48.7 Å². The third kappa shape index (κ3) is 3.89. The van der Waals surface area contributed by atoms with Gasteiger partial charge in [0.2, 0.25) is 5.91 Å². The monoisotopic (exact) mass is 312 g/mol. The minimum Gasteiger partial charge on any atom is -0.396 e. The van der Waals surface area contributed by atoms with Crippen LogP contribution in [-0.4, -0.2) is 41.7 Å². The van der Waals surface area contributed by atoms with E-state index in [9.17, 15) is 4.79 Å². The Bertz CT molecular complexity index is 666. The molecule has 23 heavy (non-hydrogen) atoms. The zero-order valence-corrected chi connectivity index (χ0v) is 13.4. The van der Waals surface area contributed by atoms with Gasteiger partial charge in [-0.2, -0.15) is 0 Å². The van der Waals surface area contributed by atoms with Gasteiger partial charge in [-0.05, 0) is 43.7 Å². The fourth-order valence-corrected chi connectivity index (χ4v) is 3.47. The molecular weight excluding hydrogens is 288 g/mol. The maximum absolute atomic E-state index is 12.4. The molecule has 1 fully saturated rings. The number of anilines is 1. The molecule has 2 N–H and O–H groups in total. The molecule has 0 bridgehead atoms. The molecule has 0 aromatic heterocycles. The van der Waals surface area contributed by atoms with Crippen molar-refractivity contribution in [1.29, 1.82) is 0 Å². The van der Waals surface area contributed by atoms with Crippen LogP contribution < -0.4 is 5.32 Å². The maximum atomic E-state index is 12.4. The van der Waals surface area contributed by atoms with E-state index in [1.807, 2.05) is 30.3 Å². The van der Waals surface area contributed by atoms with Crippen molar-refractivity contribution in [2.75, 3.05) is 25.0 Å². The summed E-state index contributed by atoms with van der Waals surface area (Å²) in [6, 6.07) is 14.5. The summed E-state index contributed by atoms with van der Waals surface area (Å²) in [4.78, 5) is 14.7. The van der Waals surface area contributed by atoms with E-state index in [4.69, 9.17) is 5.11 Å². The van der Waals surface area contributed by atoms with Crippen LogP contribution in [0, 0.1) is 0 Å². The molecule has 0 aliphatic carbocycles. The third-order valence-corrected chi connectivity index (χ3v) is 4.60. The average molecular weight is 312 g/mol. The Kier molecular flexibility index (Phi) is 5.26. The molecular formula is C19H24N2O2. The fraction of sp³-hybridized carbons (Fsp3) is 0.421. The quantitative estimate of drug-likeness (QED) is 0.862. The molecule has 1 amide bonds. The van der Waals surface area contributed by atoms with Gasteiger partial charge in [-0.3, -0.25) is 9.69 Å². The summed E-state index contributed by atoms with van der Waals surface area (Å²) in [6.45, 7) is 1.63. The molecule has 1 heterocycles. The minimum absolute atomic E-state index is 0.0391. The molecule has 0 radical (unpaired) electrons. The van der Waals surface area contributed by atoms with Crippen LogP contribution in [0.25, 0.3) is 10.8 Å². The molecule has 4 heteroatoms. The van der Waals surface area contributed by atoms with Crippen molar-refractivity contribution in [3.05, 3.63) is 42.5 Å². The Balaban J connectivity index is 1.64. The Hall–Kier alpha value is -1.91. The highest BCUT2D eigenvalue weighted by Gasteiger charge is 2.25. The molecule has 1 unspecified atom stereocenters. The summed E-state index contributed by atoms with van der Waals surface area (Å²) < 4.78 is 0. The van der Waals surface area contributed by atoms with Gasteiger partial charge in [0.1, 0.15) is 0 Å². The van der Waals surface area contributed by atoms with E-state index in [1.54, 1.807) is 0 Å². The lowest BCUT2D eigenvalue weighted by molar-refractivity contribution is -0.117. The first kappa shape index (κ1) is 16.0. The summed E-state index contributed by atoms with van der Waals surface area (Å²) in [5.41, 5.74) is 0.874. The van der Waals surface area contributed by atoms with Crippen molar-refractivity contribution in [3.63, 3.8) is 0 Å². The summed E-state index contributed by atoms with van der Waals surface area (Å²) in [5, 5.41) is 14.3. The second kappa shape index (κ2) is 7.57. The van der Waals surface area contributed by atoms with Gasteiger partial charge in [0, 0.05) is 23.7 Å². The number of amides is 1. The van der Waals surface area contributed by atoms with Crippen molar-refractivity contribution < 1.29 is 9.90 Å². The lowest BCUT2D eigenvalue weighted by Crippen LogP contribution is -2.36. The second-order valence-electron chi connectivity index (χ2n) is 6.21. The average Bonchev–Trinajstić information content (AvgIpc) is 3.00.